The lowest BCUT2D eigenvalue weighted by Gasteiger charge is -2.08. The first-order valence-corrected chi connectivity index (χ1v) is 7.90. The second kappa shape index (κ2) is 8.23. The average molecular weight is 364 g/mol. The standard InChI is InChI=1S/C15H14Cl4N2/c16-12-3-10(4-13(17)7-12)1-2-20-21-9-11-5-14(18)8-15(19)6-11/h3-8,20-21H,1-2,9H2. The summed E-state index contributed by atoms with van der Waals surface area (Å²) in [6.07, 6.45) is 0.823. The Bertz CT molecular complexity index is 523. The topological polar surface area (TPSA) is 24.1 Å². The van der Waals surface area contributed by atoms with Crippen LogP contribution in [0.3, 0.4) is 0 Å². The lowest BCUT2D eigenvalue weighted by atomic mass is 10.1. The van der Waals surface area contributed by atoms with Gasteiger partial charge in [0, 0.05) is 33.2 Å². The van der Waals surface area contributed by atoms with Gasteiger partial charge in [0.25, 0.3) is 0 Å². The molecule has 0 aromatic heterocycles. The molecule has 0 saturated carbocycles. The lowest BCUT2D eigenvalue weighted by Crippen LogP contribution is -2.32. The van der Waals surface area contributed by atoms with Gasteiger partial charge in [-0.3, -0.25) is 10.9 Å². The lowest BCUT2D eigenvalue weighted by molar-refractivity contribution is 0.533. The highest BCUT2D eigenvalue weighted by Gasteiger charge is 2.00. The smallest absolute Gasteiger partial charge is 0.0424 e. The number of benzene rings is 2. The Kier molecular flexibility index (Phi) is 6.62. The van der Waals surface area contributed by atoms with Crippen LogP contribution in [0.5, 0.6) is 0 Å². The van der Waals surface area contributed by atoms with E-state index in [-0.39, 0.29) is 0 Å². The van der Waals surface area contributed by atoms with Crippen molar-refractivity contribution in [2.45, 2.75) is 13.0 Å². The Morgan fingerprint density at radius 2 is 1.10 bits per heavy atom. The highest BCUT2D eigenvalue weighted by atomic mass is 35.5. The maximum atomic E-state index is 5.95. The third-order valence-corrected chi connectivity index (χ3v) is 3.67. The summed E-state index contributed by atoms with van der Waals surface area (Å²) < 4.78 is 0. The summed E-state index contributed by atoms with van der Waals surface area (Å²) in [5, 5.41) is 2.57. The molecule has 0 unspecified atom stereocenters. The second-order valence-electron chi connectivity index (χ2n) is 4.59. The molecule has 0 spiro atoms. The van der Waals surface area contributed by atoms with Gasteiger partial charge in [0.1, 0.15) is 0 Å². The molecule has 2 N–H and O–H groups in total. The van der Waals surface area contributed by atoms with Crippen LogP contribution in [-0.2, 0) is 13.0 Å². The third-order valence-electron chi connectivity index (χ3n) is 2.80. The Morgan fingerprint density at radius 1 is 0.619 bits per heavy atom. The number of hydrogen-bond donors (Lipinski definition) is 2. The van der Waals surface area contributed by atoms with E-state index in [1.807, 2.05) is 24.3 Å². The van der Waals surface area contributed by atoms with E-state index in [1.54, 1.807) is 12.1 Å². The third kappa shape index (κ3) is 6.03. The zero-order chi connectivity index (χ0) is 15.2. The van der Waals surface area contributed by atoms with Crippen LogP contribution in [-0.4, -0.2) is 6.54 Å². The largest absolute Gasteiger partial charge is 0.257 e. The Labute approximate surface area is 144 Å². The van der Waals surface area contributed by atoms with E-state index in [0.717, 1.165) is 24.1 Å². The van der Waals surface area contributed by atoms with Crippen molar-refractivity contribution < 1.29 is 0 Å². The van der Waals surface area contributed by atoms with E-state index in [4.69, 9.17) is 46.4 Å². The molecule has 2 aromatic rings. The molecule has 0 fully saturated rings. The van der Waals surface area contributed by atoms with E-state index < -0.39 is 0 Å². The molecule has 0 heterocycles. The van der Waals surface area contributed by atoms with Gasteiger partial charge >= 0.3 is 0 Å². The summed E-state index contributed by atoms with van der Waals surface area (Å²) in [7, 11) is 0. The number of hydrazine groups is 1. The van der Waals surface area contributed by atoms with Crippen molar-refractivity contribution in [3.63, 3.8) is 0 Å². The van der Waals surface area contributed by atoms with Crippen molar-refractivity contribution in [1.29, 1.82) is 0 Å². The molecule has 0 aliphatic rings. The molecule has 0 amide bonds. The minimum Gasteiger partial charge on any atom is -0.257 e. The van der Waals surface area contributed by atoms with Crippen molar-refractivity contribution in [2.75, 3.05) is 6.54 Å². The minimum atomic E-state index is 0.632. The first-order chi connectivity index (χ1) is 10.0. The first-order valence-electron chi connectivity index (χ1n) is 6.38. The zero-order valence-corrected chi connectivity index (χ0v) is 14.1. The molecule has 6 heteroatoms. The summed E-state index contributed by atoms with van der Waals surface area (Å²) in [5.41, 5.74) is 8.37. The molecular weight excluding hydrogens is 350 g/mol. The van der Waals surface area contributed by atoms with Crippen molar-refractivity contribution in [3.8, 4) is 0 Å². The molecule has 2 rings (SSSR count). The first kappa shape index (κ1) is 16.9. The van der Waals surface area contributed by atoms with E-state index in [1.165, 1.54) is 0 Å². The fraction of sp³-hybridized carbons (Fsp3) is 0.200. The van der Waals surface area contributed by atoms with Crippen molar-refractivity contribution in [1.82, 2.24) is 10.9 Å². The predicted molar refractivity (Wildman–Crippen MR) is 91.5 cm³/mol. The predicted octanol–water partition coefficient (Wildman–Crippen LogP) is 5.14. The van der Waals surface area contributed by atoms with Gasteiger partial charge in [-0.15, -0.1) is 0 Å². The fourth-order valence-corrected chi connectivity index (χ4v) is 3.07. The van der Waals surface area contributed by atoms with Crippen LogP contribution in [0, 0.1) is 0 Å². The summed E-state index contributed by atoms with van der Waals surface area (Å²) >= 11 is 23.8. The van der Waals surface area contributed by atoms with Crippen LogP contribution in [0.2, 0.25) is 20.1 Å². The molecular formula is C15H14Cl4N2. The van der Waals surface area contributed by atoms with Crippen LogP contribution in [0.15, 0.2) is 36.4 Å². The quantitative estimate of drug-likeness (QED) is 0.548. The van der Waals surface area contributed by atoms with Gasteiger partial charge in [-0.05, 0) is 53.9 Å². The summed E-state index contributed by atoms with van der Waals surface area (Å²) in [6.45, 7) is 1.39. The zero-order valence-electron chi connectivity index (χ0n) is 11.1. The minimum absolute atomic E-state index is 0.632. The van der Waals surface area contributed by atoms with Gasteiger partial charge in [-0.2, -0.15) is 0 Å². The van der Waals surface area contributed by atoms with Gasteiger partial charge in [-0.1, -0.05) is 46.4 Å². The molecule has 21 heavy (non-hydrogen) atoms. The Balaban J connectivity index is 1.74. The number of rotatable bonds is 6. The Hall–Kier alpha value is -0.480. The van der Waals surface area contributed by atoms with Gasteiger partial charge in [0.2, 0.25) is 0 Å². The van der Waals surface area contributed by atoms with Crippen LogP contribution in [0.25, 0.3) is 0 Å². The molecule has 0 aliphatic carbocycles. The van der Waals surface area contributed by atoms with Gasteiger partial charge < -0.3 is 0 Å². The van der Waals surface area contributed by atoms with Crippen molar-refractivity contribution in [2.24, 2.45) is 0 Å². The van der Waals surface area contributed by atoms with Gasteiger partial charge in [0.15, 0.2) is 0 Å². The highest BCUT2D eigenvalue weighted by Crippen LogP contribution is 2.19. The van der Waals surface area contributed by atoms with E-state index in [9.17, 15) is 0 Å². The summed E-state index contributed by atoms with van der Waals surface area (Å²) in [6, 6.07) is 11.0. The van der Waals surface area contributed by atoms with E-state index in [2.05, 4.69) is 10.9 Å². The molecule has 112 valence electrons. The van der Waals surface area contributed by atoms with Crippen LogP contribution in [0.4, 0.5) is 0 Å². The molecule has 0 aliphatic heterocycles. The van der Waals surface area contributed by atoms with Gasteiger partial charge in [-0.25, -0.2) is 0 Å². The Morgan fingerprint density at radius 3 is 1.62 bits per heavy atom. The molecule has 0 bridgehead atoms. The number of halogens is 4. The SMILES string of the molecule is Clc1cc(Cl)cc(CCNNCc2cc(Cl)cc(Cl)c2)c1. The average Bonchev–Trinajstić information content (AvgIpc) is 2.36. The maximum absolute atomic E-state index is 5.95. The molecule has 2 nitrogen and oxygen atoms in total. The number of nitrogens with one attached hydrogen (secondary N) is 2. The van der Waals surface area contributed by atoms with Crippen molar-refractivity contribution >= 4 is 46.4 Å². The fourth-order valence-electron chi connectivity index (χ4n) is 1.93. The van der Waals surface area contributed by atoms with E-state index >= 15 is 0 Å². The molecule has 0 radical (unpaired) electrons. The molecule has 0 atom stereocenters. The monoisotopic (exact) mass is 362 g/mol. The molecule has 2 aromatic carbocycles. The van der Waals surface area contributed by atoms with Crippen LogP contribution in [0.1, 0.15) is 11.1 Å². The highest BCUT2D eigenvalue weighted by molar-refractivity contribution is 6.35. The van der Waals surface area contributed by atoms with Crippen LogP contribution < -0.4 is 10.9 Å². The van der Waals surface area contributed by atoms with E-state index in [0.29, 0.717) is 26.6 Å². The second-order valence-corrected chi connectivity index (χ2v) is 6.33. The summed E-state index contributed by atoms with van der Waals surface area (Å²) in [5.74, 6) is 0. The normalized spacial score (nSPS) is 10.9. The van der Waals surface area contributed by atoms with Crippen LogP contribution >= 0.6 is 46.4 Å². The number of hydrogen-bond acceptors (Lipinski definition) is 2. The van der Waals surface area contributed by atoms with Crippen molar-refractivity contribution in [3.05, 3.63) is 67.6 Å². The molecule has 0 saturated heterocycles. The summed E-state index contributed by atoms with van der Waals surface area (Å²) in [4.78, 5) is 0. The van der Waals surface area contributed by atoms with Gasteiger partial charge in [0.05, 0.1) is 0 Å². The maximum Gasteiger partial charge on any atom is 0.0424 e.